The van der Waals surface area contributed by atoms with Gasteiger partial charge < -0.3 is 10.1 Å². The van der Waals surface area contributed by atoms with Gasteiger partial charge in [-0.1, -0.05) is 23.8 Å². The molecule has 0 atom stereocenters. The monoisotopic (exact) mass is 342 g/mol. The van der Waals surface area contributed by atoms with E-state index in [1.165, 1.54) is 18.2 Å². The third-order valence-corrected chi connectivity index (χ3v) is 3.46. The molecule has 1 N–H and O–H groups in total. The molecule has 0 saturated heterocycles. The number of allylic oxidation sites excluding steroid dienone is 4. The second-order valence-corrected chi connectivity index (χ2v) is 5.44. The summed E-state index contributed by atoms with van der Waals surface area (Å²) in [5.74, 6) is -1.15. The summed E-state index contributed by atoms with van der Waals surface area (Å²) >= 11 is 0. The number of nitrogens with one attached hydrogen (secondary N) is 1. The molecule has 0 spiro atoms. The zero-order valence-corrected chi connectivity index (χ0v) is 13.9. The van der Waals surface area contributed by atoms with E-state index in [1.54, 1.807) is 25.1 Å². The zero-order valence-electron chi connectivity index (χ0n) is 13.9. The quantitative estimate of drug-likeness (QED) is 0.371. The Labute approximate surface area is 144 Å². The van der Waals surface area contributed by atoms with Gasteiger partial charge in [0.1, 0.15) is 5.70 Å². The minimum absolute atomic E-state index is 0.0273. The van der Waals surface area contributed by atoms with Crippen molar-refractivity contribution in [2.24, 2.45) is 0 Å². The number of carbonyl (C=O) groups excluding carboxylic acids is 2. The fourth-order valence-corrected chi connectivity index (χ4v) is 2.28. The lowest BCUT2D eigenvalue weighted by atomic mass is 10.1. The van der Waals surface area contributed by atoms with Gasteiger partial charge in [-0.3, -0.25) is 14.9 Å². The summed E-state index contributed by atoms with van der Waals surface area (Å²) in [7, 11) is 0. The lowest BCUT2D eigenvalue weighted by Gasteiger charge is -2.10. The maximum atomic E-state index is 12.4. The zero-order chi connectivity index (χ0) is 18.4. The summed E-state index contributed by atoms with van der Waals surface area (Å²) in [6, 6.07) is 6.92. The fourth-order valence-electron chi connectivity index (χ4n) is 2.28. The van der Waals surface area contributed by atoms with Crippen molar-refractivity contribution in [3.63, 3.8) is 0 Å². The van der Waals surface area contributed by atoms with E-state index in [0.717, 1.165) is 5.56 Å². The summed E-state index contributed by atoms with van der Waals surface area (Å²) in [5.41, 5.74) is 1.82. The molecule has 0 aliphatic heterocycles. The number of hydrogen-bond acceptors (Lipinski definition) is 5. The van der Waals surface area contributed by atoms with Crippen LogP contribution in [0.2, 0.25) is 0 Å². The molecule has 0 saturated carbocycles. The highest BCUT2D eigenvalue weighted by molar-refractivity contribution is 6.01. The van der Waals surface area contributed by atoms with Gasteiger partial charge in [-0.2, -0.15) is 0 Å². The van der Waals surface area contributed by atoms with Crippen LogP contribution < -0.4 is 5.32 Å². The maximum absolute atomic E-state index is 12.4. The van der Waals surface area contributed by atoms with Gasteiger partial charge in [0, 0.05) is 11.6 Å². The first-order valence-corrected chi connectivity index (χ1v) is 7.71. The Kier molecular flexibility index (Phi) is 5.84. The van der Waals surface area contributed by atoms with Crippen LogP contribution in [0.4, 0.5) is 0 Å². The average molecular weight is 342 g/mol. The number of aryl methyl sites for hydroxylation is 1. The SMILES string of the molecule is CCOC(=O)C(=CC1=CC=C([N+](=O)[O-])C1)NC(=O)c1cccc(C)c1. The van der Waals surface area contributed by atoms with E-state index in [1.807, 2.05) is 13.0 Å². The molecule has 130 valence electrons. The predicted molar refractivity (Wildman–Crippen MR) is 91.1 cm³/mol. The molecule has 0 heterocycles. The molecule has 1 amide bonds. The molecule has 7 nitrogen and oxygen atoms in total. The third kappa shape index (κ3) is 4.87. The molecule has 7 heteroatoms. The second kappa shape index (κ2) is 8.05. The van der Waals surface area contributed by atoms with E-state index in [0.29, 0.717) is 11.1 Å². The molecule has 0 bridgehead atoms. The number of esters is 1. The number of carbonyl (C=O) groups is 2. The van der Waals surface area contributed by atoms with Crippen molar-refractivity contribution < 1.29 is 19.2 Å². The number of nitrogens with zero attached hydrogens (tertiary/aromatic N) is 1. The lowest BCUT2D eigenvalue weighted by molar-refractivity contribution is -0.426. The van der Waals surface area contributed by atoms with Crippen LogP contribution in [0, 0.1) is 17.0 Å². The largest absolute Gasteiger partial charge is 0.461 e. The van der Waals surface area contributed by atoms with Crippen LogP contribution in [0.15, 0.2) is 59.5 Å². The van der Waals surface area contributed by atoms with Gasteiger partial charge >= 0.3 is 5.97 Å². The first kappa shape index (κ1) is 18.1. The molecule has 1 aromatic carbocycles. The van der Waals surface area contributed by atoms with Crippen LogP contribution in [0.25, 0.3) is 0 Å². The Hall–Kier alpha value is -3.22. The second-order valence-electron chi connectivity index (χ2n) is 5.44. The normalized spacial score (nSPS) is 13.8. The van der Waals surface area contributed by atoms with E-state index in [9.17, 15) is 19.7 Å². The van der Waals surface area contributed by atoms with Crippen LogP contribution in [0.3, 0.4) is 0 Å². The van der Waals surface area contributed by atoms with Gasteiger partial charge in [-0.05, 0) is 37.6 Å². The predicted octanol–water partition coefficient (Wildman–Crippen LogP) is 2.66. The maximum Gasteiger partial charge on any atom is 0.354 e. The number of nitro groups is 1. The van der Waals surface area contributed by atoms with E-state index in [4.69, 9.17) is 4.74 Å². The Morgan fingerprint density at radius 2 is 2.12 bits per heavy atom. The van der Waals surface area contributed by atoms with E-state index in [-0.39, 0.29) is 24.4 Å². The summed E-state index contributed by atoms with van der Waals surface area (Å²) in [6.07, 6.45) is 4.39. The molecule has 1 aromatic rings. The van der Waals surface area contributed by atoms with E-state index < -0.39 is 16.8 Å². The average Bonchev–Trinajstić information content (AvgIpc) is 3.03. The van der Waals surface area contributed by atoms with Gasteiger partial charge in [0.15, 0.2) is 0 Å². The van der Waals surface area contributed by atoms with Crippen molar-refractivity contribution in [2.45, 2.75) is 20.3 Å². The van der Waals surface area contributed by atoms with Gasteiger partial charge in [0.2, 0.25) is 0 Å². The molecule has 25 heavy (non-hydrogen) atoms. The fraction of sp³-hybridized carbons (Fsp3) is 0.222. The summed E-state index contributed by atoms with van der Waals surface area (Å²) in [5, 5.41) is 13.3. The molecular formula is C18H18N2O5. The van der Waals surface area contributed by atoms with Gasteiger partial charge in [0.25, 0.3) is 11.6 Å². The van der Waals surface area contributed by atoms with Gasteiger partial charge in [0.05, 0.1) is 18.0 Å². The molecule has 0 fully saturated rings. The number of rotatable bonds is 6. The van der Waals surface area contributed by atoms with Crippen LogP contribution in [0.5, 0.6) is 0 Å². The summed E-state index contributed by atoms with van der Waals surface area (Å²) < 4.78 is 4.95. The standard InChI is InChI=1S/C18H18N2O5/c1-3-25-18(22)16(11-13-7-8-15(10-13)20(23)24)19-17(21)14-6-4-5-12(2)9-14/h4-9,11H,3,10H2,1-2H3,(H,19,21). The topological polar surface area (TPSA) is 98.5 Å². The van der Waals surface area contributed by atoms with Gasteiger partial charge in [-0.15, -0.1) is 0 Å². The third-order valence-electron chi connectivity index (χ3n) is 3.46. The highest BCUT2D eigenvalue weighted by Crippen LogP contribution is 2.21. The van der Waals surface area contributed by atoms with Crippen molar-refractivity contribution in [2.75, 3.05) is 6.61 Å². The molecular weight excluding hydrogens is 324 g/mol. The minimum Gasteiger partial charge on any atom is -0.461 e. The van der Waals surface area contributed by atoms with Crippen molar-refractivity contribution >= 4 is 11.9 Å². The summed E-state index contributed by atoms with van der Waals surface area (Å²) in [4.78, 5) is 34.8. The van der Waals surface area contributed by atoms with E-state index >= 15 is 0 Å². The van der Waals surface area contributed by atoms with Gasteiger partial charge in [-0.25, -0.2) is 4.79 Å². The molecule has 1 aliphatic carbocycles. The molecule has 1 aliphatic rings. The van der Waals surface area contributed by atoms with Crippen molar-refractivity contribution in [1.29, 1.82) is 0 Å². The Morgan fingerprint density at radius 1 is 1.36 bits per heavy atom. The lowest BCUT2D eigenvalue weighted by Crippen LogP contribution is -2.28. The Bertz CT molecular complexity index is 805. The Balaban J connectivity index is 2.19. The number of hydrogen-bond donors (Lipinski definition) is 1. The van der Waals surface area contributed by atoms with E-state index in [2.05, 4.69) is 5.32 Å². The van der Waals surface area contributed by atoms with Crippen LogP contribution >= 0.6 is 0 Å². The van der Waals surface area contributed by atoms with Crippen molar-refractivity contribution in [3.8, 4) is 0 Å². The number of ether oxygens (including phenoxy) is 1. The number of benzene rings is 1. The Morgan fingerprint density at radius 3 is 2.72 bits per heavy atom. The molecule has 0 unspecified atom stereocenters. The smallest absolute Gasteiger partial charge is 0.354 e. The molecule has 0 radical (unpaired) electrons. The van der Waals surface area contributed by atoms with Crippen molar-refractivity contribution in [3.05, 3.63) is 80.7 Å². The first-order chi connectivity index (χ1) is 11.9. The number of amides is 1. The first-order valence-electron chi connectivity index (χ1n) is 7.71. The van der Waals surface area contributed by atoms with Crippen molar-refractivity contribution in [1.82, 2.24) is 5.32 Å². The summed E-state index contributed by atoms with van der Waals surface area (Å²) in [6.45, 7) is 3.65. The van der Waals surface area contributed by atoms with Crippen LogP contribution in [-0.2, 0) is 9.53 Å². The molecule has 2 rings (SSSR count). The highest BCUT2D eigenvalue weighted by Gasteiger charge is 2.20. The van der Waals surface area contributed by atoms with Crippen LogP contribution in [0.1, 0.15) is 29.3 Å². The van der Waals surface area contributed by atoms with Crippen LogP contribution in [-0.4, -0.2) is 23.4 Å². The highest BCUT2D eigenvalue weighted by atomic mass is 16.6. The molecule has 0 aromatic heterocycles. The minimum atomic E-state index is -0.695.